The van der Waals surface area contributed by atoms with Crippen LogP contribution < -0.4 is 27.4 Å². The van der Waals surface area contributed by atoms with Crippen molar-refractivity contribution in [1.29, 1.82) is 0 Å². The number of carbonyl (C=O) groups excluding carboxylic acids is 4. The number of rotatable bonds is 15. The summed E-state index contributed by atoms with van der Waals surface area (Å²) in [5.74, 6) is -1.88. The van der Waals surface area contributed by atoms with Crippen LogP contribution in [0.15, 0.2) is 79.0 Å². The van der Waals surface area contributed by atoms with Crippen molar-refractivity contribution in [2.75, 3.05) is 0 Å². The highest BCUT2D eigenvalue weighted by atomic mass is 127. The molecule has 0 aliphatic heterocycles. The van der Waals surface area contributed by atoms with E-state index in [1.807, 2.05) is 77.2 Å². The Balaban J connectivity index is 1.33. The zero-order valence-electron chi connectivity index (χ0n) is 27.9. The second-order valence-electron chi connectivity index (χ2n) is 13.2. The molecule has 1 fully saturated rings. The van der Waals surface area contributed by atoms with E-state index in [0.29, 0.717) is 9.99 Å². The number of hydrogen-bond donors (Lipinski definition) is 7. The summed E-state index contributed by atoms with van der Waals surface area (Å²) in [4.78, 5) is 57.2. The lowest BCUT2D eigenvalue weighted by atomic mass is 9.84. The molecule has 11 nitrogen and oxygen atoms in total. The number of fused-ring (bicyclic) bond motifs is 1. The fourth-order valence-electron chi connectivity index (χ4n) is 6.64. The Hall–Kier alpha value is -4.43. The van der Waals surface area contributed by atoms with Crippen LogP contribution in [-0.4, -0.2) is 57.9 Å². The van der Waals surface area contributed by atoms with Crippen LogP contribution in [0.2, 0.25) is 0 Å². The Kier molecular flexibility index (Phi) is 12.9. The minimum Gasteiger partial charge on any atom is -0.507 e. The number of aromatic hydroxyl groups is 1. The molecule has 12 heteroatoms. The third-order valence-electron chi connectivity index (χ3n) is 9.41. The third-order valence-corrected chi connectivity index (χ3v) is 10.3. The molecule has 3 aromatic carbocycles. The minimum absolute atomic E-state index is 0.144. The van der Waals surface area contributed by atoms with Crippen LogP contribution >= 0.6 is 22.6 Å². The molecule has 1 aromatic heterocycles. The number of hydrogen-bond acceptors (Lipinski definition) is 6. The van der Waals surface area contributed by atoms with Crippen LogP contribution in [0.5, 0.6) is 5.75 Å². The van der Waals surface area contributed by atoms with Crippen LogP contribution in [0.4, 0.5) is 0 Å². The summed E-state index contributed by atoms with van der Waals surface area (Å²) in [6.45, 7) is 0. The lowest BCUT2D eigenvalue weighted by molar-refractivity contribution is -0.133. The molecule has 1 heterocycles. The van der Waals surface area contributed by atoms with Gasteiger partial charge in [0.1, 0.15) is 23.9 Å². The molecule has 4 atom stereocenters. The summed E-state index contributed by atoms with van der Waals surface area (Å²) in [7, 11) is 0. The van der Waals surface area contributed by atoms with Gasteiger partial charge in [-0.2, -0.15) is 0 Å². The predicted molar refractivity (Wildman–Crippen MR) is 201 cm³/mol. The molecule has 0 saturated heterocycles. The number of aromatic amines is 1. The summed E-state index contributed by atoms with van der Waals surface area (Å²) in [6.07, 6.45) is 7.85. The summed E-state index contributed by atoms with van der Waals surface area (Å²) in [6, 6.07) is 18.0. The first-order valence-corrected chi connectivity index (χ1v) is 18.2. The lowest BCUT2D eigenvalue weighted by Crippen LogP contribution is -2.58. The van der Waals surface area contributed by atoms with E-state index in [-0.39, 0.29) is 30.9 Å². The van der Waals surface area contributed by atoms with Gasteiger partial charge in [-0.05, 0) is 76.2 Å². The molecule has 1 saturated carbocycles. The van der Waals surface area contributed by atoms with Gasteiger partial charge < -0.3 is 37.5 Å². The lowest BCUT2D eigenvalue weighted by Gasteiger charge is -2.29. The van der Waals surface area contributed by atoms with Crippen molar-refractivity contribution in [2.24, 2.45) is 17.4 Å². The Morgan fingerprint density at radius 3 is 2.16 bits per heavy atom. The number of carbonyl (C=O) groups is 4. The minimum atomic E-state index is -1.06. The van der Waals surface area contributed by atoms with E-state index in [1.54, 1.807) is 24.4 Å². The molecule has 4 aromatic rings. The van der Waals surface area contributed by atoms with Crippen LogP contribution in [0.3, 0.4) is 0 Å². The quantitative estimate of drug-likeness (QED) is 0.0898. The van der Waals surface area contributed by atoms with Crippen LogP contribution in [0.1, 0.15) is 55.2 Å². The topological polar surface area (TPSA) is 192 Å². The number of phenols is 1. The van der Waals surface area contributed by atoms with Crippen LogP contribution in [0, 0.1) is 9.49 Å². The Labute approximate surface area is 305 Å². The Morgan fingerprint density at radius 1 is 0.780 bits per heavy atom. The molecule has 0 bridgehead atoms. The van der Waals surface area contributed by atoms with Crippen LogP contribution in [-0.2, 0) is 38.4 Å². The van der Waals surface area contributed by atoms with Gasteiger partial charge in [-0.15, -0.1) is 0 Å². The number of H-pyrrole nitrogens is 1. The monoisotopic (exact) mass is 792 g/mol. The van der Waals surface area contributed by atoms with Crippen molar-refractivity contribution in [3.05, 3.63) is 99.3 Å². The number of primary amides is 1. The van der Waals surface area contributed by atoms with E-state index in [4.69, 9.17) is 11.5 Å². The number of amides is 4. The number of nitrogens with two attached hydrogens (primary N) is 2. The van der Waals surface area contributed by atoms with E-state index >= 15 is 0 Å². The summed E-state index contributed by atoms with van der Waals surface area (Å²) in [5, 5.41) is 19.4. The molecule has 5 rings (SSSR count). The first-order chi connectivity index (χ1) is 24.1. The number of para-hydroxylation sites is 1. The molecule has 0 radical (unpaired) electrons. The molecule has 50 heavy (non-hydrogen) atoms. The van der Waals surface area contributed by atoms with Crippen molar-refractivity contribution < 1.29 is 24.3 Å². The maximum absolute atomic E-state index is 14.1. The van der Waals surface area contributed by atoms with Gasteiger partial charge in [0.05, 0.1) is 9.61 Å². The maximum atomic E-state index is 14.1. The van der Waals surface area contributed by atoms with E-state index in [9.17, 15) is 24.3 Å². The van der Waals surface area contributed by atoms with E-state index < -0.39 is 47.8 Å². The smallest absolute Gasteiger partial charge is 0.243 e. The zero-order chi connectivity index (χ0) is 35.6. The fourth-order valence-corrected chi connectivity index (χ4v) is 7.22. The highest BCUT2D eigenvalue weighted by Gasteiger charge is 2.32. The first-order valence-electron chi connectivity index (χ1n) is 17.1. The number of halogens is 1. The molecular formula is C38H45IN6O5. The van der Waals surface area contributed by atoms with Crippen molar-refractivity contribution >= 4 is 57.1 Å². The summed E-state index contributed by atoms with van der Waals surface area (Å²) >= 11 is 2.01. The van der Waals surface area contributed by atoms with Gasteiger partial charge in [-0.1, -0.05) is 86.7 Å². The standard InChI is InChI=1S/C38H45IN6O5/c39-28-17-25(15-16-34(28)46)18-29(40)36(48)44-32(19-23-9-3-1-4-10-23)38(50)45-33(20-24-11-5-2-6-12-24)37(49)43-31(35(41)47)21-26-22-42-30-14-8-7-13-27(26)30/h2,5-8,11-17,22-23,29,31-33,42,46H,1,3-4,9-10,18-21,40H2,(H2,41,47)(H,43,49)(H,44,48)(H,45,50)/t29-,31+,32+,33+/m0/s1. The SMILES string of the molecule is NC(=O)[C@@H](Cc1c[nH]c2ccccc12)NC(=O)[C@@H](Cc1ccccc1)NC(=O)[C@@H](CC1CCCCC1)NC(=O)[C@@H](N)Cc1ccc(O)c(I)c1. The first kappa shape index (κ1) is 36.8. The molecule has 0 unspecified atom stereocenters. The van der Waals surface area contributed by atoms with Gasteiger partial charge in [-0.25, -0.2) is 0 Å². The van der Waals surface area contributed by atoms with Gasteiger partial charge in [0.25, 0.3) is 0 Å². The van der Waals surface area contributed by atoms with Gasteiger partial charge in [0.2, 0.25) is 23.6 Å². The maximum Gasteiger partial charge on any atom is 0.243 e. The third kappa shape index (κ3) is 10.1. The zero-order valence-corrected chi connectivity index (χ0v) is 30.0. The van der Waals surface area contributed by atoms with Crippen molar-refractivity contribution in [2.45, 2.75) is 82.0 Å². The average Bonchev–Trinajstić information content (AvgIpc) is 3.52. The number of nitrogens with one attached hydrogen (secondary N) is 4. The molecular weight excluding hydrogens is 747 g/mol. The number of benzene rings is 3. The Morgan fingerprint density at radius 2 is 1.44 bits per heavy atom. The van der Waals surface area contributed by atoms with Gasteiger partial charge in [-0.3, -0.25) is 19.2 Å². The fraction of sp³-hybridized carbons (Fsp3) is 0.368. The summed E-state index contributed by atoms with van der Waals surface area (Å²) in [5.41, 5.74) is 15.4. The summed E-state index contributed by atoms with van der Waals surface area (Å²) < 4.78 is 0.644. The second-order valence-corrected chi connectivity index (χ2v) is 14.3. The van der Waals surface area contributed by atoms with Gasteiger partial charge in [0, 0.05) is 29.9 Å². The van der Waals surface area contributed by atoms with Crippen molar-refractivity contribution in [3.63, 3.8) is 0 Å². The molecule has 1 aliphatic carbocycles. The molecule has 0 spiro atoms. The predicted octanol–water partition coefficient (Wildman–Crippen LogP) is 3.74. The van der Waals surface area contributed by atoms with Gasteiger partial charge in [0.15, 0.2) is 0 Å². The second kappa shape index (κ2) is 17.5. The van der Waals surface area contributed by atoms with E-state index in [0.717, 1.165) is 59.7 Å². The molecule has 264 valence electrons. The number of aromatic nitrogens is 1. The van der Waals surface area contributed by atoms with Crippen molar-refractivity contribution in [3.8, 4) is 5.75 Å². The van der Waals surface area contributed by atoms with E-state index in [1.165, 1.54) is 0 Å². The number of phenolic OH excluding ortho intramolecular Hbond substituents is 1. The molecule has 1 aliphatic rings. The largest absolute Gasteiger partial charge is 0.507 e. The van der Waals surface area contributed by atoms with Crippen LogP contribution in [0.25, 0.3) is 10.9 Å². The highest BCUT2D eigenvalue weighted by molar-refractivity contribution is 14.1. The molecule has 4 amide bonds. The molecule has 9 N–H and O–H groups in total. The van der Waals surface area contributed by atoms with E-state index in [2.05, 4.69) is 20.9 Å². The van der Waals surface area contributed by atoms with Crippen molar-refractivity contribution in [1.82, 2.24) is 20.9 Å². The van der Waals surface area contributed by atoms with Gasteiger partial charge >= 0.3 is 0 Å². The Bertz CT molecular complexity index is 1790. The average molecular weight is 793 g/mol. The normalized spacial score (nSPS) is 15.8. The highest BCUT2D eigenvalue weighted by Crippen LogP contribution is 2.28.